The molecule has 0 aliphatic rings. The van der Waals surface area contributed by atoms with Crippen molar-refractivity contribution in [1.82, 2.24) is 4.98 Å². The Labute approximate surface area is 108 Å². The van der Waals surface area contributed by atoms with E-state index in [2.05, 4.69) is 9.71 Å². The lowest BCUT2D eigenvalue weighted by molar-refractivity contribution is 0.602. The maximum Gasteiger partial charge on any atom is 0.273 e. The number of hydrogen-bond acceptors (Lipinski definition) is 5. The lowest BCUT2D eigenvalue weighted by Gasteiger charge is -2.06. The average Bonchev–Trinajstić information content (AvgIpc) is 2.58. The Bertz CT molecular complexity index is 682. The number of aromatic nitrogens is 1. The Morgan fingerprint density at radius 1 is 1.44 bits per heavy atom. The molecule has 96 valence electrons. The number of thiazole rings is 1. The van der Waals surface area contributed by atoms with E-state index in [-0.39, 0.29) is 15.0 Å². The molecule has 0 amide bonds. The number of benzene rings is 1. The van der Waals surface area contributed by atoms with E-state index in [0.717, 1.165) is 17.4 Å². The SMILES string of the molecule is Cc1nc(N)sc1S(=O)(=O)Nc1cccc(F)c1. The number of anilines is 2. The molecule has 1 heterocycles. The number of hydrogen-bond donors (Lipinski definition) is 2. The molecular formula is C10H10FN3O2S2. The van der Waals surface area contributed by atoms with Gasteiger partial charge in [0.15, 0.2) is 9.34 Å². The van der Waals surface area contributed by atoms with E-state index in [1.807, 2.05) is 0 Å². The number of rotatable bonds is 3. The third-order valence-electron chi connectivity index (χ3n) is 2.09. The van der Waals surface area contributed by atoms with Crippen LogP contribution >= 0.6 is 11.3 Å². The third kappa shape index (κ3) is 2.59. The number of nitrogens with one attached hydrogen (secondary N) is 1. The van der Waals surface area contributed by atoms with Gasteiger partial charge >= 0.3 is 0 Å². The smallest absolute Gasteiger partial charge is 0.273 e. The van der Waals surface area contributed by atoms with Crippen molar-refractivity contribution in [1.29, 1.82) is 0 Å². The zero-order chi connectivity index (χ0) is 13.3. The van der Waals surface area contributed by atoms with Gasteiger partial charge < -0.3 is 5.73 Å². The minimum atomic E-state index is -3.78. The number of nitrogens with zero attached hydrogens (tertiary/aromatic N) is 1. The summed E-state index contributed by atoms with van der Waals surface area (Å²) >= 11 is 0.867. The van der Waals surface area contributed by atoms with E-state index in [9.17, 15) is 12.8 Å². The maximum absolute atomic E-state index is 13.0. The van der Waals surface area contributed by atoms with Crippen molar-refractivity contribution in [3.63, 3.8) is 0 Å². The van der Waals surface area contributed by atoms with Crippen LogP contribution in [0.15, 0.2) is 28.5 Å². The van der Waals surface area contributed by atoms with E-state index in [1.54, 1.807) is 6.92 Å². The number of nitrogens with two attached hydrogens (primary N) is 1. The number of sulfonamides is 1. The number of aryl methyl sites for hydroxylation is 1. The first kappa shape index (κ1) is 12.8. The lowest BCUT2D eigenvalue weighted by atomic mass is 10.3. The second-order valence-electron chi connectivity index (χ2n) is 3.54. The fourth-order valence-corrected chi connectivity index (χ4v) is 3.76. The predicted octanol–water partition coefficient (Wildman–Crippen LogP) is 1.97. The summed E-state index contributed by atoms with van der Waals surface area (Å²) in [6.45, 7) is 1.55. The molecule has 0 spiro atoms. The molecule has 8 heteroatoms. The highest BCUT2D eigenvalue weighted by Crippen LogP contribution is 2.26. The van der Waals surface area contributed by atoms with Crippen molar-refractivity contribution >= 4 is 32.2 Å². The van der Waals surface area contributed by atoms with Crippen LogP contribution in [0.25, 0.3) is 0 Å². The molecule has 0 saturated carbocycles. The highest BCUT2D eigenvalue weighted by molar-refractivity contribution is 7.94. The Morgan fingerprint density at radius 2 is 2.17 bits per heavy atom. The standard InChI is InChI=1S/C10H10FN3O2S2/c1-6-9(17-10(12)13-6)18(15,16)14-8-4-2-3-7(11)5-8/h2-5,14H,1H3,(H2,12,13). The normalized spacial score (nSPS) is 11.4. The third-order valence-corrected chi connectivity index (χ3v) is 5.07. The van der Waals surface area contributed by atoms with Gasteiger partial charge in [0.2, 0.25) is 0 Å². The summed E-state index contributed by atoms with van der Waals surface area (Å²) in [5.74, 6) is -0.518. The minimum absolute atomic E-state index is 0.0317. The second kappa shape index (κ2) is 4.54. The summed E-state index contributed by atoms with van der Waals surface area (Å²) in [6.07, 6.45) is 0. The maximum atomic E-state index is 13.0. The molecule has 0 aliphatic heterocycles. The molecule has 2 rings (SSSR count). The first-order valence-electron chi connectivity index (χ1n) is 4.90. The first-order valence-corrected chi connectivity index (χ1v) is 7.20. The molecule has 3 N–H and O–H groups in total. The van der Waals surface area contributed by atoms with Crippen LogP contribution in [0.3, 0.4) is 0 Å². The van der Waals surface area contributed by atoms with Crippen molar-refractivity contribution < 1.29 is 12.8 Å². The Balaban J connectivity index is 2.36. The minimum Gasteiger partial charge on any atom is -0.375 e. The van der Waals surface area contributed by atoms with Crippen molar-refractivity contribution in [3.8, 4) is 0 Å². The van der Waals surface area contributed by atoms with Crippen LogP contribution in [0.4, 0.5) is 15.2 Å². The summed E-state index contributed by atoms with van der Waals surface area (Å²) in [7, 11) is -3.78. The van der Waals surface area contributed by atoms with Gasteiger partial charge in [-0.25, -0.2) is 17.8 Å². The summed E-state index contributed by atoms with van der Waals surface area (Å²) in [5.41, 5.74) is 5.92. The topological polar surface area (TPSA) is 85.1 Å². The number of nitrogen functional groups attached to an aromatic ring is 1. The molecule has 2 aromatic rings. The van der Waals surface area contributed by atoms with Gasteiger partial charge in [0, 0.05) is 0 Å². The van der Waals surface area contributed by atoms with Gasteiger partial charge in [-0.15, -0.1) is 0 Å². The molecule has 18 heavy (non-hydrogen) atoms. The van der Waals surface area contributed by atoms with Gasteiger partial charge in [-0.1, -0.05) is 17.4 Å². The zero-order valence-electron chi connectivity index (χ0n) is 9.34. The molecule has 0 aliphatic carbocycles. The van der Waals surface area contributed by atoms with Crippen LogP contribution < -0.4 is 10.5 Å². The van der Waals surface area contributed by atoms with Crippen molar-refractivity contribution in [2.75, 3.05) is 10.5 Å². The van der Waals surface area contributed by atoms with E-state index >= 15 is 0 Å². The van der Waals surface area contributed by atoms with E-state index < -0.39 is 15.8 Å². The van der Waals surface area contributed by atoms with E-state index in [1.165, 1.54) is 18.2 Å². The summed E-state index contributed by atoms with van der Waals surface area (Å²) in [5, 5.41) is 0.173. The zero-order valence-corrected chi connectivity index (χ0v) is 11.0. The molecule has 0 unspecified atom stereocenters. The van der Waals surface area contributed by atoms with Gasteiger partial charge in [-0.3, -0.25) is 4.72 Å². The average molecular weight is 287 g/mol. The van der Waals surface area contributed by atoms with Crippen LogP contribution in [0.1, 0.15) is 5.69 Å². The Hall–Kier alpha value is -1.67. The van der Waals surface area contributed by atoms with Gasteiger partial charge in [0.1, 0.15) is 5.82 Å². The van der Waals surface area contributed by atoms with Crippen LogP contribution in [0, 0.1) is 12.7 Å². The first-order chi connectivity index (χ1) is 8.38. The lowest BCUT2D eigenvalue weighted by Crippen LogP contribution is -2.12. The molecule has 0 fully saturated rings. The number of halogens is 1. The molecule has 5 nitrogen and oxygen atoms in total. The Kier molecular flexibility index (Phi) is 3.22. The predicted molar refractivity (Wildman–Crippen MR) is 68.5 cm³/mol. The molecule has 0 radical (unpaired) electrons. The van der Waals surface area contributed by atoms with Crippen molar-refractivity contribution in [2.24, 2.45) is 0 Å². The van der Waals surface area contributed by atoms with Gasteiger partial charge in [0.05, 0.1) is 11.4 Å². The van der Waals surface area contributed by atoms with E-state index in [0.29, 0.717) is 5.69 Å². The highest BCUT2D eigenvalue weighted by atomic mass is 32.2. The van der Waals surface area contributed by atoms with Crippen LogP contribution in [-0.2, 0) is 10.0 Å². The van der Waals surface area contributed by atoms with Gasteiger partial charge in [-0.05, 0) is 25.1 Å². The van der Waals surface area contributed by atoms with Crippen LogP contribution in [0.2, 0.25) is 0 Å². The molecule has 0 saturated heterocycles. The van der Waals surface area contributed by atoms with Crippen LogP contribution in [0.5, 0.6) is 0 Å². The van der Waals surface area contributed by atoms with Crippen molar-refractivity contribution in [3.05, 3.63) is 35.8 Å². The molecule has 0 atom stereocenters. The summed E-state index contributed by atoms with van der Waals surface area (Å²) < 4.78 is 39.3. The highest BCUT2D eigenvalue weighted by Gasteiger charge is 2.21. The largest absolute Gasteiger partial charge is 0.375 e. The summed E-state index contributed by atoms with van der Waals surface area (Å²) in [6, 6.07) is 5.20. The second-order valence-corrected chi connectivity index (χ2v) is 6.45. The Morgan fingerprint density at radius 3 is 2.72 bits per heavy atom. The molecular weight excluding hydrogens is 277 g/mol. The fraction of sp³-hybridized carbons (Fsp3) is 0.100. The van der Waals surface area contributed by atoms with Gasteiger partial charge in [0.25, 0.3) is 10.0 Å². The van der Waals surface area contributed by atoms with Crippen molar-refractivity contribution in [2.45, 2.75) is 11.1 Å². The van der Waals surface area contributed by atoms with Crippen LogP contribution in [-0.4, -0.2) is 13.4 Å². The molecule has 0 bridgehead atoms. The quantitative estimate of drug-likeness (QED) is 0.904. The van der Waals surface area contributed by atoms with E-state index in [4.69, 9.17) is 5.73 Å². The molecule has 1 aromatic carbocycles. The monoisotopic (exact) mass is 287 g/mol. The fourth-order valence-electron chi connectivity index (χ4n) is 1.41. The van der Waals surface area contributed by atoms with Gasteiger partial charge in [-0.2, -0.15) is 0 Å². The summed E-state index contributed by atoms with van der Waals surface area (Å²) in [4.78, 5) is 3.84. The molecule has 1 aromatic heterocycles.